The van der Waals surface area contributed by atoms with Gasteiger partial charge in [-0.2, -0.15) is 0 Å². The number of hydrogen-bond donors (Lipinski definition) is 1. The van der Waals surface area contributed by atoms with E-state index in [0.717, 1.165) is 24.9 Å². The van der Waals surface area contributed by atoms with Gasteiger partial charge in [-0.05, 0) is 18.6 Å². The van der Waals surface area contributed by atoms with Crippen molar-refractivity contribution in [2.45, 2.75) is 32.6 Å². The summed E-state index contributed by atoms with van der Waals surface area (Å²) in [5.74, 6) is 0.412. The standard InChI is InChI=1S/C17H24N2O3/c1-3-4-5-9-18-17(21)13-10-16(20)19(12-13)14-7-6-8-15(11-14)22-2/h6-8,11,13H,3-5,9-10,12H2,1-2H3,(H,18,21). The molecule has 1 saturated heterocycles. The van der Waals surface area contributed by atoms with Crippen LogP contribution in [-0.4, -0.2) is 32.0 Å². The number of benzene rings is 1. The van der Waals surface area contributed by atoms with Crippen LogP contribution in [0.1, 0.15) is 32.6 Å². The number of methoxy groups -OCH3 is 1. The Labute approximate surface area is 131 Å². The molecule has 1 aliphatic heterocycles. The number of nitrogens with zero attached hydrogens (tertiary/aromatic N) is 1. The van der Waals surface area contributed by atoms with Crippen molar-refractivity contribution >= 4 is 17.5 Å². The molecule has 1 unspecified atom stereocenters. The Hall–Kier alpha value is -2.04. The van der Waals surface area contributed by atoms with Crippen molar-refractivity contribution in [1.29, 1.82) is 0 Å². The van der Waals surface area contributed by atoms with Gasteiger partial charge in [0, 0.05) is 31.3 Å². The molecule has 0 radical (unpaired) electrons. The summed E-state index contributed by atoms with van der Waals surface area (Å²) in [6.45, 7) is 3.26. The lowest BCUT2D eigenvalue weighted by molar-refractivity contribution is -0.126. The maximum Gasteiger partial charge on any atom is 0.227 e. The van der Waals surface area contributed by atoms with E-state index in [-0.39, 0.29) is 24.2 Å². The molecule has 1 aromatic carbocycles. The molecule has 1 atom stereocenters. The molecular formula is C17H24N2O3. The average Bonchev–Trinajstić information content (AvgIpc) is 2.93. The van der Waals surface area contributed by atoms with Crippen LogP contribution in [0.25, 0.3) is 0 Å². The molecule has 0 aromatic heterocycles. The Kier molecular flexibility index (Phi) is 5.81. The number of anilines is 1. The van der Waals surface area contributed by atoms with Gasteiger partial charge in [0.15, 0.2) is 0 Å². The van der Waals surface area contributed by atoms with Crippen molar-refractivity contribution in [3.8, 4) is 5.75 Å². The highest BCUT2D eigenvalue weighted by Crippen LogP contribution is 2.27. The molecule has 5 heteroatoms. The Balaban J connectivity index is 1.93. The van der Waals surface area contributed by atoms with Crippen LogP contribution >= 0.6 is 0 Å². The predicted octanol–water partition coefficient (Wildman–Crippen LogP) is 2.35. The van der Waals surface area contributed by atoms with Gasteiger partial charge in [0.25, 0.3) is 0 Å². The van der Waals surface area contributed by atoms with Crippen molar-refractivity contribution in [2.75, 3.05) is 25.1 Å². The van der Waals surface area contributed by atoms with E-state index in [1.165, 1.54) is 0 Å². The number of carbonyl (C=O) groups excluding carboxylic acids is 2. The van der Waals surface area contributed by atoms with Gasteiger partial charge in [0.05, 0.1) is 13.0 Å². The number of carbonyl (C=O) groups is 2. The molecule has 1 fully saturated rings. The molecule has 1 N–H and O–H groups in total. The minimum absolute atomic E-state index is 0.0121. The molecule has 2 rings (SSSR count). The Morgan fingerprint density at radius 3 is 2.95 bits per heavy atom. The summed E-state index contributed by atoms with van der Waals surface area (Å²) in [4.78, 5) is 26.0. The minimum atomic E-state index is -0.264. The van der Waals surface area contributed by atoms with Crippen molar-refractivity contribution < 1.29 is 14.3 Å². The summed E-state index contributed by atoms with van der Waals surface area (Å²) < 4.78 is 5.18. The van der Waals surface area contributed by atoms with E-state index in [0.29, 0.717) is 18.8 Å². The van der Waals surface area contributed by atoms with E-state index in [1.54, 1.807) is 12.0 Å². The zero-order chi connectivity index (χ0) is 15.9. The van der Waals surface area contributed by atoms with E-state index < -0.39 is 0 Å². The van der Waals surface area contributed by atoms with Crippen molar-refractivity contribution in [3.63, 3.8) is 0 Å². The molecule has 1 aliphatic rings. The van der Waals surface area contributed by atoms with Crippen LogP contribution in [0.5, 0.6) is 5.75 Å². The van der Waals surface area contributed by atoms with E-state index in [9.17, 15) is 9.59 Å². The number of unbranched alkanes of at least 4 members (excludes halogenated alkanes) is 2. The highest BCUT2D eigenvalue weighted by Gasteiger charge is 2.35. The zero-order valence-corrected chi connectivity index (χ0v) is 13.3. The number of amides is 2. The molecule has 1 heterocycles. The van der Waals surface area contributed by atoms with Crippen LogP contribution in [0.4, 0.5) is 5.69 Å². The third-order valence-electron chi connectivity index (χ3n) is 3.94. The molecule has 1 aromatic rings. The number of nitrogens with one attached hydrogen (secondary N) is 1. The number of ether oxygens (including phenoxy) is 1. The summed E-state index contributed by atoms with van der Waals surface area (Å²) in [7, 11) is 1.59. The maximum atomic E-state index is 12.2. The van der Waals surface area contributed by atoms with Gasteiger partial charge >= 0.3 is 0 Å². The molecule has 2 amide bonds. The van der Waals surface area contributed by atoms with Crippen molar-refractivity contribution in [1.82, 2.24) is 5.32 Å². The zero-order valence-electron chi connectivity index (χ0n) is 13.3. The first kappa shape index (κ1) is 16.3. The first-order valence-electron chi connectivity index (χ1n) is 7.87. The van der Waals surface area contributed by atoms with Crippen LogP contribution < -0.4 is 15.0 Å². The lowest BCUT2D eigenvalue weighted by Gasteiger charge is -2.17. The van der Waals surface area contributed by atoms with E-state index in [1.807, 2.05) is 24.3 Å². The smallest absolute Gasteiger partial charge is 0.227 e. The van der Waals surface area contributed by atoms with E-state index in [2.05, 4.69) is 12.2 Å². The molecule has 0 aliphatic carbocycles. The molecule has 22 heavy (non-hydrogen) atoms. The molecule has 0 spiro atoms. The fourth-order valence-corrected chi connectivity index (χ4v) is 2.64. The van der Waals surface area contributed by atoms with Gasteiger partial charge in [-0.15, -0.1) is 0 Å². The molecule has 0 saturated carbocycles. The quantitative estimate of drug-likeness (QED) is 0.787. The summed E-state index contributed by atoms with van der Waals surface area (Å²) in [6, 6.07) is 7.36. The Bertz CT molecular complexity index is 530. The van der Waals surface area contributed by atoms with Gasteiger partial charge in [-0.3, -0.25) is 9.59 Å². The largest absolute Gasteiger partial charge is 0.497 e. The van der Waals surface area contributed by atoms with Crippen LogP contribution in [0.15, 0.2) is 24.3 Å². The fourth-order valence-electron chi connectivity index (χ4n) is 2.64. The van der Waals surface area contributed by atoms with E-state index >= 15 is 0 Å². The average molecular weight is 304 g/mol. The first-order valence-corrected chi connectivity index (χ1v) is 7.87. The fraction of sp³-hybridized carbons (Fsp3) is 0.529. The van der Waals surface area contributed by atoms with Gasteiger partial charge < -0.3 is 15.0 Å². The van der Waals surface area contributed by atoms with Crippen molar-refractivity contribution in [3.05, 3.63) is 24.3 Å². The minimum Gasteiger partial charge on any atom is -0.497 e. The van der Waals surface area contributed by atoms with Crippen LogP contribution in [0, 0.1) is 5.92 Å². The maximum absolute atomic E-state index is 12.2. The second-order valence-electron chi connectivity index (χ2n) is 5.61. The van der Waals surface area contributed by atoms with Gasteiger partial charge in [-0.1, -0.05) is 25.8 Å². The summed E-state index contributed by atoms with van der Waals surface area (Å²) >= 11 is 0. The molecule has 5 nitrogen and oxygen atoms in total. The van der Waals surface area contributed by atoms with Gasteiger partial charge in [0.1, 0.15) is 5.75 Å². The summed E-state index contributed by atoms with van der Waals surface area (Å²) in [6.07, 6.45) is 3.50. The highest BCUT2D eigenvalue weighted by atomic mass is 16.5. The lowest BCUT2D eigenvalue weighted by Crippen LogP contribution is -2.33. The first-order chi connectivity index (χ1) is 10.7. The van der Waals surface area contributed by atoms with Crippen LogP contribution in [-0.2, 0) is 9.59 Å². The number of hydrogen-bond acceptors (Lipinski definition) is 3. The van der Waals surface area contributed by atoms with Gasteiger partial charge in [-0.25, -0.2) is 0 Å². The van der Waals surface area contributed by atoms with Crippen LogP contribution in [0.2, 0.25) is 0 Å². The second-order valence-corrected chi connectivity index (χ2v) is 5.61. The highest BCUT2D eigenvalue weighted by molar-refractivity contribution is 6.00. The normalized spacial score (nSPS) is 17.6. The Morgan fingerprint density at radius 1 is 1.41 bits per heavy atom. The summed E-state index contributed by atoms with van der Waals surface area (Å²) in [5.41, 5.74) is 0.783. The van der Waals surface area contributed by atoms with Crippen LogP contribution in [0.3, 0.4) is 0 Å². The van der Waals surface area contributed by atoms with E-state index in [4.69, 9.17) is 4.74 Å². The topological polar surface area (TPSA) is 58.6 Å². The number of rotatable bonds is 7. The molecule has 120 valence electrons. The molecular weight excluding hydrogens is 280 g/mol. The predicted molar refractivity (Wildman–Crippen MR) is 86.0 cm³/mol. The third kappa shape index (κ3) is 4.00. The molecule has 0 bridgehead atoms. The monoisotopic (exact) mass is 304 g/mol. The third-order valence-corrected chi connectivity index (χ3v) is 3.94. The second kappa shape index (κ2) is 7.82. The van der Waals surface area contributed by atoms with Gasteiger partial charge in [0.2, 0.25) is 11.8 Å². The van der Waals surface area contributed by atoms with Crippen molar-refractivity contribution in [2.24, 2.45) is 5.92 Å². The Morgan fingerprint density at radius 2 is 2.23 bits per heavy atom. The summed E-state index contributed by atoms with van der Waals surface area (Å²) in [5, 5.41) is 2.93. The lowest BCUT2D eigenvalue weighted by atomic mass is 10.1. The SMILES string of the molecule is CCCCCNC(=O)C1CC(=O)N(c2cccc(OC)c2)C1.